The monoisotopic (exact) mass is 423 g/mol. The first kappa shape index (κ1) is 22.5. The average molecular weight is 424 g/mol. The maximum absolute atomic E-state index is 9.70. The molecule has 2 N–H and O–H groups in total. The molecule has 26 heavy (non-hydrogen) atoms. The lowest BCUT2D eigenvalue weighted by Crippen LogP contribution is -2.31. The Hall–Kier alpha value is -1.59. The first-order chi connectivity index (χ1) is 11.9. The number of nitrogens with zero attached hydrogens (tertiary/aromatic N) is 1. The van der Waals surface area contributed by atoms with E-state index in [0.717, 1.165) is 11.8 Å². The number of phenols is 1. The summed E-state index contributed by atoms with van der Waals surface area (Å²) in [5.74, 6) is -0.628. The van der Waals surface area contributed by atoms with Crippen LogP contribution in [0.4, 0.5) is 0 Å². The molecule has 1 aliphatic heterocycles. The lowest BCUT2D eigenvalue weighted by molar-refractivity contribution is -0.140. The van der Waals surface area contributed by atoms with Crippen LogP contribution in [-0.2, 0) is 11.2 Å². The number of aromatic hydroxyl groups is 1. The van der Waals surface area contributed by atoms with Gasteiger partial charge in [0.25, 0.3) is 0 Å². The number of benzene rings is 2. The third-order valence-corrected chi connectivity index (χ3v) is 4.68. The first-order valence-electron chi connectivity index (χ1n) is 9.05. The molecule has 0 spiro atoms. The van der Waals surface area contributed by atoms with E-state index in [1.54, 1.807) is 19.9 Å². The molecular weight excluding hydrogens is 394 g/mol. The zero-order valence-corrected chi connectivity index (χ0v) is 17.5. The fourth-order valence-corrected chi connectivity index (χ4v) is 3.06. The highest BCUT2D eigenvalue weighted by atomic mass is 79.9. The Labute approximate surface area is 166 Å². The molecule has 1 saturated heterocycles. The average Bonchev–Trinajstić information content (AvgIpc) is 3.09. The molecular formula is C21H30BrNO3. The Morgan fingerprint density at radius 1 is 1.04 bits per heavy atom. The fourth-order valence-electron chi connectivity index (χ4n) is 3.06. The number of carboxylic acid groups (broad SMARTS) is 1. The lowest BCUT2D eigenvalue weighted by atomic mass is 10.0. The van der Waals surface area contributed by atoms with Crippen molar-refractivity contribution < 1.29 is 15.0 Å². The van der Waals surface area contributed by atoms with Crippen LogP contribution in [0, 0.1) is 5.92 Å². The first-order valence-corrected chi connectivity index (χ1v) is 9.05. The second-order valence-corrected chi connectivity index (χ2v) is 7.15. The van der Waals surface area contributed by atoms with E-state index in [4.69, 9.17) is 5.11 Å². The molecule has 0 aliphatic carbocycles. The number of likely N-dealkylation sites (tertiary alicyclic amines) is 1. The van der Waals surface area contributed by atoms with Gasteiger partial charge in [-0.1, -0.05) is 38.1 Å². The molecule has 1 aliphatic rings. The van der Waals surface area contributed by atoms with Crippen LogP contribution in [0.1, 0.15) is 39.2 Å². The maximum Gasteiger partial charge on any atom is 0.305 e. The minimum absolute atomic E-state index is 0. The molecule has 4 nitrogen and oxygen atoms in total. The summed E-state index contributed by atoms with van der Waals surface area (Å²) in [6, 6.07) is 12.7. The standard InChI is InChI=1S/C17H21NO.C4H8O2.BrH/c1-13(18-8-2-3-9-18)10-14-4-5-15-6-7-17(19)12-16(15)11-14;1-3(2)4(5)6;/h4-7,11-13,19H,2-3,8-10H2,1H3;3H,1-2H3,(H,5,6);1H. The number of fused-ring (bicyclic) bond motifs is 1. The zero-order chi connectivity index (χ0) is 18.4. The minimum atomic E-state index is -0.741. The third kappa shape index (κ3) is 6.61. The topological polar surface area (TPSA) is 60.8 Å². The maximum atomic E-state index is 9.70. The van der Waals surface area contributed by atoms with Crippen molar-refractivity contribution in [1.29, 1.82) is 0 Å². The van der Waals surface area contributed by atoms with Crippen molar-refractivity contribution in [1.82, 2.24) is 4.90 Å². The molecule has 1 unspecified atom stereocenters. The Bertz CT molecular complexity index is 711. The van der Waals surface area contributed by atoms with Crippen LogP contribution in [-0.4, -0.2) is 40.2 Å². The molecule has 144 valence electrons. The number of carbonyl (C=O) groups is 1. The van der Waals surface area contributed by atoms with Crippen molar-refractivity contribution in [2.45, 2.75) is 46.1 Å². The second kappa shape index (κ2) is 10.5. The van der Waals surface area contributed by atoms with Gasteiger partial charge in [-0.05, 0) is 67.7 Å². The summed E-state index contributed by atoms with van der Waals surface area (Å²) >= 11 is 0. The second-order valence-electron chi connectivity index (χ2n) is 7.15. The number of phenolic OH excluding ortho intramolecular Hbond substituents is 1. The number of hydrogen-bond donors (Lipinski definition) is 2. The van der Waals surface area contributed by atoms with Gasteiger partial charge in [0, 0.05) is 6.04 Å². The van der Waals surface area contributed by atoms with Crippen LogP contribution in [0.5, 0.6) is 5.75 Å². The van der Waals surface area contributed by atoms with Crippen molar-refractivity contribution in [3.05, 3.63) is 42.0 Å². The van der Waals surface area contributed by atoms with Gasteiger partial charge >= 0.3 is 5.97 Å². The van der Waals surface area contributed by atoms with E-state index in [-0.39, 0.29) is 22.9 Å². The van der Waals surface area contributed by atoms with E-state index in [1.165, 1.54) is 36.9 Å². The minimum Gasteiger partial charge on any atom is -0.508 e. The smallest absolute Gasteiger partial charge is 0.305 e. The highest BCUT2D eigenvalue weighted by Gasteiger charge is 2.18. The van der Waals surface area contributed by atoms with E-state index in [2.05, 4.69) is 30.0 Å². The summed E-state index contributed by atoms with van der Waals surface area (Å²) in [5, 5.41) is 19.9. The van der Waals surface area contributed by atoms with Crippen LogP contribution in [0.25, 0.3) is 10.8 Å². The molecule has 1 fully saturated rings. The van der Waals surface area contributed by atoms with Gasteiger partial charge in [-0.2, -0.15) is 0 Å². The summed E-state index contributed by atoms with van der Waals surface area (Å²) in [5.41, 5.74) is 1.36. The van der Waals surface area contributed by atoms with Crippen molar-refractivity contribution in [2.75, 3.05) is 13.1 Å². The van der Waals surface area contributed by atoms with Crippen LogP contribution >= 0.6 is 17.0 Å². The SMILES string of the molecule is Br.CC(C)C(=O)O.CC(Cc1ccc2ccc(O)cc2c1)N1CCCC1. The molecule has 0 saturated carbocycles. The molecule has 0 bridgehead atoms. The highest BCUT2D eigenvalue weighted by molar-refractivity contribution is 8.93. The van der Waals surface area contributed by atoms with Gasteiger partial charge in [-0.3, -0.25) is 4.79 Å². The summed E-state index contributed by atoms with van der Waals surface area (Å²) in [7, 11) is 0. The van der Waals surface area contributed by atoms with Crippen LogP contribution in [0.3, 0.4) is 0 Å². The summed E-state index contributed by atoms with van der Waals surface area (Å²) < 4.78 is 0. The molecule has 1 atom stereocenters. The van der Waals surface area contributed by atoms with Crippen LogP contribution in [0.15, 0.2) is 36.4 Å². The van der Waals surface area contributed by atoms with E-state index in [1.807, 2.05) is 12.1 Å². The number of rotatable bonds is 4. The van der Waals surface area contributed by atoms with E-state index in [0.29, 0.717) is 11.8 Å². The molecule has 2 aromatic rings. The lowest BCUT2D eigenvalue weighted by Gasteiger charge is -2.23. The summed E-state index contributed by atoms with van der Waals surface area (Å²) in [6.07, 6.45) is 3.78. The van der Waals surface area contributed by atoms with Crippen molar-refractivity contribution in [3.8, 4) is 5.75 Å². The van der Waals surface area contributed by atoms with Gasteiger partial charge < -0.3 is 15.1 Å². The fraction of sp³-hybridized carbons (Fsp3) is 0.476. The predicted octanol–water partition coefficient (Wildman–Crippen LogP) is 4.88. The van der Waals surface area contributed by atoms with Gasteiger partial charge in [0.2, 0.25) is 0 Å². The zero-order valence-electron chi connectivity index (χ0n) is 15.8. The number of aliphatic carboxylic acids is 1. The summed E-state index contributed by atoms with van der Waals surface area (Å²) in [4.78, 5) is 12.3. The van der Waals surface area contributed by atoms with Gasteiger partial charge in [-0.25, -0.2) is 0 Å². The van der Waals surface area contributed by atoms with E-state index >= 15 is 0 Å². The number of halogens is 1. The number of hydrogen-bond acceptors (Lipinski definition) is 3. The molecule has 0 aromatic heterocycles. The Balaban J connectivity index is 0.000000422. The van der Waals surface area contributed by atoms with Gasteiger partial charge in [0.1, 0.15) is 5.75 Å². The van der Waals surface area contributed by atoms with Gasteiger partial charge in [0.15, 0.2) is 0 Å². The molecule has 1 heterocycles. The van der Waals surface area contributed by atoms with E-state index < -0.39 is 5.97 Å². The quantitative estimate of drug-likeness (QED) is 0.735. The van der Waals surface area contributed by atoms with Gasteiger partial charge in [0.05, 0.1) is 5.92 Å². The molecule has 0 amide bonds. The van der Waals surface area contributed by atoms with Crippen LogP contribution in [0.2, 0.25) is 0 Å². The van der Waals surface area contributed by atoms with Crippen LogP contribution < -0.4 is 0 Å². The predicted molar refractivity (Wildman–Crippen MR) is 112 cm³/mol. The Morgan fingerprint density at radius 3 is 2.19 bits per heavy atom. The molecule has 2 aromatic carbocycles. The number of carboxylic acids is 1. The van der Waals surface area contributed by atoms with E-state index in [9.17, 15) is 9.90 Å². The highest BCUT2D eigenvalue weighted by Crippen LogP contribution is 2.23. The normalized spacial score (nSPS) is 15.2. The molecule has 0 radical (unpaired) electrons. The summed E-state index contributed by atoms with van der Waals surface area (Å²) in [6.45, 7) is 8.09. The van der Waals surface area contributed by atoms with Crippen molar-refractivity contribution in [3.63, 3.8) is 0 Å². The largest absolute Gasteiger partial charge is 0.508 e. The Morgan fingerprint density at radius 2 is 1.62 bits per heavy atom. The van der Waals surface area contributed by atoms with Crippen molar-refractivity contribution >= 4 is 33.7 Å². The molecule has 5 heteroatoms. The third-order valence-electron chi connectivity index (χ3n) is 4.68. The van der Waals surface area contributed by atoms with Crippen molar-refractivity contribution in [2.24, 2.45) is 5.92 Å². The molecule has 3 rings (SSSR count). The van der Waals surface area contributed by atoms with Gasteiger partial charge in [-0.15, -0.1) is 17.0 Å². The Kier molecular flexibility index (Phi) is 9.09.